The zero-order valence-corrected chi connectivity index (χ0v) is 54.2. The molecule has 0 aliphatic heterocycles. The van der Waals surface area contributed by atoms with Crippen LogP contribution in [0.1, 0.15) is 50.6 Å². The Kier molecular flexibility index (Phi) is 31.8. The molecule has 0 saturated heterocycles. The molecule has 0 amide bonds. The number of benzene rings is 4. The van der Waals surface area contributed by atoms with Gasteiger partial charge in [0.2, 0.25) is 0 Å². The van der Waals surface area contributed by atoms with Gasteiger partial charge in [-0.1, -0.05) is 78.9 Å². The number of hydrogen-bond acceptors (Lipinski definition) is 15. The maximum atomic E-state index is 4.60. The van der Waals surface area contributed by atoms with Crippen LogP contribution in [0, 0.1) is 62.3 Å². The number of para-hydroxylation sites is 1. The highest BCUT2D eigenvalue weighted by atomic mass is 16.3. The van der Waals surface area contributed by atoms with Crippen molar-refractivity contribution in [2.24, 2.45) is 21.1 Å². The molecule has 4 N–H and O–H groups in total. The second-order valence-electron chi connectivity index (χ2n) is 20.1. The van der Waals surface area contributed by atoms with Gasteiger partial charge in [-0.3, -0.25) is 44.6 Å². The second-order valence-corrected chi connectivity index (χ2v) is 20.1. The van der Waals surface area contributed by atoms with Crippen molar-refractivity contribution < 1.29 is 4.42 Å². The van der Waals surface area contributed by atoms with E-state index in [1.807, 2.05) is 178 Å². The molecule has 0 bridgehead atoms. The maximum Gasteiger partial charge on any atom is 0.180 e. The Morgan fingerprint density at radius 1 is 0.413 bits per heavy atom. The molecule has 12 aromatic heterocycles. The third kappa shape index (κ3) is 28.3. The zero-order chi connectivity index (χ0) is 66.0. The fraction of sp³-hybridized carbons (Fsp3) is 0.171. The summed E-state index contributed by atoms with van der Waals surface area (Å²) in [6.45, 7) is 18.2. The SMILES string of the molecule is Cc1cccc2cnccc12.Cc1cccc2ncccc12.Cc1ccn[nH]1.Cc1ccn[nH]1.Cc1ccnc2ccccc12.Cc1cn[nH]c1.Cc1cnc[nH]1.Cc1cncc2ccccc12.Cc1cocn1.Cn1cccn1.Cn1cncn1.Cn1cnnc1. The van der Waals surface area contributed by atoms with E-state index in [-0.39, 0.29) is 0 Å². The van der Waals surface area contributed by atoms with Crippen LogP contribution in [0.5, 0.6) is 0 Å². The first-order valence-electron chi connectivity index (χ1n) is 29.0. The van der Waals surface area contributed by atoms with Gasteiger partial charge in [-0.25, -0.2) is 15.0 Å². The Morgan fingerprint density at radius 2 is 1.02 bits per heavy atom. The number of fused-ring (bicyclic) bond motifs is 4. The van der Waals surface area contributed by atoms with Crippen LogP contribution >= 0.6 is 0 Å². The average molecular weight is 1230 g/mol. The van der Waals surface area contributed by atoms with E-state index in [0.717, 1.165) is 33.8 Å². The smallest absolute Gasteiger partial charge is 0.180 e. The summed E-state index contributed by atoms with van der Waals surface area (Å²) in [5, 5.41) is 41.4. The van der Waals surface area contributed by atoms with Crippen molar-refractivity contribution in [2.75, 3.05) is 0 Å². The highest BCUT2D eigenvalue weighted by molar-refractivity contribution is 5.85. The average Bonchev–Trinajstić information content (AvgIpc) is 1.97. The van der Waals surface area contributed by atoms with E-state index >= 15 is 0 Å². The summed E-state index contributed by atoms with van der Waals surface area (Å²) in [5.41, 5.74) is 12.7. The van der Waals surface area contributed by atoms with Crippen LogP contribution in [-0.2, 0) is 21.1 Å². The predicted octanol–water partition coefficient (Wildman–Crippen LogP) is 14.1. The summed E-state index contributed by atoms with van der Waals surface area (Å²) >= 11 is 0. The third-order valence-corrected chi connectivity index (χ3v) is 12.3. The number of nitrogens with zero attached hydrogens (tertiary/aromatic N) is 17. The van der Waals surface area contributed by atoms with Crippen molar-refractivity contribution in [2.45, 2.75) is 62.3 Å². The molecule has 12 heterocycles. The summed E-state index contributed by atoms with van der Waals surface area (Å²) in [6, 6.07) is 42.7. The van der Waals surface area contributed by atoms with Gasteiger partial charge in [0.25, 0.3) is 0 Å². The number of oxazole rings is 1. The summed E-state index contributed by atoms with van der Waals surface area (Å²) in [7, 11) is 5.59. The Balaban J connectivity index is 0.000000184. The molecule has 0 spiro atoms. The molecular formula is C70H81N21O. The van der Waals surface area contributed by atoms with Crippen LogP contribution < -0.4 is 0 Å². The molecule has 92 heavy (non-hydrogen) atoms. The monoisotopic (exact) mass is 1230 g/mol. The van der Waals surface area contributed by atoms with Gasteiger partial charge in [-0.15, -0.1) is 10.2 Å². The molecule has 472 valence electrons. The first kappa shape index (κ1) is 70.8. The van der Waals surface area contributed by atoms with Crippen molar-refractivity contribution >= 4 is 43.4 Å². The van der Waals surface area contributed by atoms with Crippen LogP contribution in [0.25, 0.3) is 43.4 Å². The van der Waals surface area contributed by atoms with Crippen LogP contribution in [0.3, 0.4) is 0 Å². The van der Waals surface area contributed by atoms with E-state index in [9.17, 15) is 0 Å². The van der Waals surface area contributed by atoms with E-state index in [1.165, 1.54) is 72.9 Å². The number of rotatable bonds is 0. The van der Waals surface area contributed by atoms with Crippen molar-refractivity contribution in [3.63, 3.8) is 0 Å². The molecule has 0 radical (unpaired) electrons. The topological polar surface area (TPSA) is 272 Å². The van der Waals surface area contributed by atoms with Gasteiger partial charge in [0.1, 0.15) is 31.6 Å². The lowest BCUT2D eigenvalue weighted by atomic mass is 10.1. The fourth-order valence-electron chi connectivity index (χ4n) is 7.48. The van der Waals surface area contributed by atoms with Crippen molar-refractivity contribution in [3.05, 3.63) is 303 Å². The van der Waals surface area contributed by atoms with Crippen LogP contribution in [0.2, 0.25) is 0 Å². The van der Waals surface area contributed by atoms with E-state index in [0.29, 0.717) is 0 Å². The van der Waals surface area contributed by atoms with E-state index in [2.05, 4.69) is 178 Å². The van der Waals surface area contributed by atoms with Crippen LogP contribution in [-0.4, -0.2) is 105 Å². The molecule has 4 aromatic carbocycles. The summed E-state index contributed by atoms with van der Waals surface area (Å²) in [5.74, 6) is 0. The van der Waals surface area contributed by atoms with Gasteiger partial charge in [-0.05, 0) is 149 Å². The van der Waals surface area contributed by atoms with Gasteiger partial charge in [0, 0.05) is 134 Å². The van der Waals surface area contributed by atoms with E-state index < -0.39 is 0 Å². The minimum absolute atomic E-state index is 0.926. The van der Waals surface area contributed by atoms with Crippen LogP contribution in [0.4, 0.5) is 0 Å². The minimum Gasteiger partial charge on any atom is -0.452 e. The van der Waals surface area contributed by atoms with Gasteiger partial charge in [-0.2, -0.15) is 25.5 Å². The lowest BCUT2D eigenvalue weighted by Gasteiger charge is -1.98. The first-order chi connectivity index (χ1) is 44.7. The molecule has 0 atom stereocenters. The van der Waals surface area contributed by atoms with Gasteiger partial charge < -0.3 is 14.0 Å². The number of aryl methyl sites for hydroxylation is 12. The maximum absolute atomic E-state index is 4.60. The van der Waals surface area contributed by atoms with E-state index in [1.54, 1.807) is 76.5 Å². The Labute approximate surface area is 536 Å². The first-order valence-corrected chi connectivity index (χ1v) is 29.0. The van der Waals surface area contributed by atoms with Gasteiger partial charge in [0.05, 0.1) is 29.3 Å². The standard InChI is InChI=1S/4C10H9N.5C4H6N2.C4H5NO.2C3H5N3/c1-8-4-2-6-10-9(8)5-3-7-11-10;1-8-3-2-4-9-7-11-6-5-10(8)9;1-8-6-11-7-9-4-2-3-5-10(8)9;1-8-6-7-11-10-5-3-2-4-9(8)10;1-4-2-5-3-6-4;1-4-2-5-6-3-4;1-6-4-2-3-5-6;2*1-4-2-3-5-6-4;1-4-2-6-3-5-4;1-6-2-4-5-3-6;1-6-3-4-2-5-6/h4*2-7H,1H3;2*2-3H,1H3,(H,5,6);2-4H,1H3;2*2-3H,1H3,(H,5,6);3*2-3H,1H3. The zero-order valence-electron chi connectivity index (χ0n) is 54.2. The molecule has 0 saturated carbocycles. The highest BCUT2D eigenvalue weighted by Gasteiger charge is 1.97. The van der Waals surface area contributed by atoms with Gasteiger partial charge in [0.15, 0.2) is 6.39 Å². The number of aromatic nitrogens is 21. The normalized spacial score (nSPS) is 9.52. The summed E-state index contributed by atoms with van der Waals surface area (Å²) in [4.78, 5) is 30.7. The molecule has 0 aliphatic carbocycles. The number of nitrogens with one attached hydrogen (secondary N) is 4. The van der Waals surface area contributed by atoms with Gasteiger partial charge >= 0.3 is 0 Å². The molecule has 0 fully saturated rings. The Morgan fingerprint density at radius 3 is 1.46 bits per heavy atom. The number of pyridine rings is 4. The number of imidazole rings is 1. The summed E-state index contributed by atoms with van der Waals surface area (Å²) in [6.07, 6.45) is 34.8. The van der Waals surface area contributed by atoms with E-state index in [4.69, 9.17) is 0 Å². The third-order valence-electron chi connectivity index (χ3n) is 12.3. The molecule has 16 aromatic rings. The second kappa shape index (κ2) is 41.3. The van der Waals surface area contributed by atoms with Crippen molar-refractivity contribution in [3.8, 4) is 0 Å². The van der Waals surface area contributed by atoms with Crippen molar-refractivity contribution in [1.29, 1.82) is 0 Å². The quantitative estimate of drug-likeness (QED) is 0.110. The molecular weight excluding hydrogens is 1150 g/mol. The fourth-order valence-corrected chi connectivity index (χ4v) is 7.48. The lowest BCUT2D eigenvalue weighted by Crippen LogP contribution is -1.83. The number of H-pyrrole nitrogens is 4. The Bertz CT molecular complexity index is 3640. The predicted molar refractivity (Wildman–Crippen MR) is 366 cm³/mol. The number of aromatic amines is 4. The molecule has 0 aliphatic rings. The molecule has 22 heteroatoms. The van der Waals surface area contributed by atoms with Crippen LogP contribution in [0.15, 0.2) is 257 Å². The highest BCUT2D eigenvalue weighted by Crippen LogP contribution is 2.18. The summed E-state index contributed by atoms with van der Waals surface area (Å²) < 4.78 is 9.77. The molecule has 0 unspecified atom stereocenters. The minimum atomic E-state index is 0.926. The largest absolute Gasteiger partial charge is 0.452 e. The number of hydrogen-bond donors (Lipinski definition) is 4. The molecule has 22 nitrogen and oxygen atoms in total. The lowest BCUT2D eigenvalue weighted by molar-refractivity contribution is 0.557. The van der Waals surface area contributed by atoms with Crippen molar-refractivity contribution in [1.82, 2.24) is 105 Å². The molecule has 16 rings (SSSR count). The Hall–Kier alpha value is -11.9.